The van der Waals surface area contributed by atoms with Crippen molar-refractivity contribution in [1.29, 1.82) is 0 Å². The zero-order valence-electron chi connectivity index (χ0n) is 12.5. The van der Waals surface area contributed by atoms with E-state index in [2.05, 4.69) is 15.0 Å². The van der Waals surface area contributed by atoms with E-state index in [4.69, 9.17) is 31.2 Å². The number of nitrogens with zero attached hydrogens (tertiary/aromatic N) is 3. The van der Waals surface area contributed by atoms with Crippen molar-refractivity contribution in [2.45, 2.75) is 6.92 Å². The van der Waals surface area contributed by atoms with Crippen LogP contribution >= 0.6 is 0 Å². The van der Waals surface area contributed by atoms with Gasteiger partial charge in [0.05, 0.1) is 39.6 Å². The van der Waals surface area contributed by atoms with E-state index in [1.165, 1.54) is 12.7 Å². The number of aryl methyl sites for hydroxylation is 1. The Morgan fingerprint density at radius 1 is 0.905 bits per heavy atom. The molecule has 1 aromatic heterocycles. The highest BCUT2D eigenvalue weighted by atomic mass is 16.5. The molecule has 1 rings (SSSR count). The molecule has 0 atom stereocenters. The van der Waals surface area contributed by atoms with E-state index < -0.39 is 0 Å². The van der Waals surface area contributed by atoms with Crippen molar-refractivity contribution in [2.24, 2.45) is 11.5 Å². The predicted octanol–water partition coefficient (Wildman–Crippen LogP) is -1.91. The molecule has 0 bridgehead atoms. The lowest BCUT2D eigenvalue weighted by molar-refractivity contribution is 0.0976. The van der Waals surface area contributed by atoms with Gasteiger partial charge in [-0.2, -0.15) is 0 Å². The summed E-state index contributed by atoms with van der Waals surface area (Å²) in [7, 11) is 0. The molecule has 1 aromatic rings. The second kappa shape index (κ2) is 21.1. The maximum absolute atomic E-state index is 8.13. The molecule has 0 saturated heterocycles. The summed E-state index contributed by atoms with van der Waals surface area (Å²) in [6, 6.07) is 0. The summed E-state index contributed by atoms with van der Waals surface area (Å²) >= 11 is 0. The molecule has 0 aliphatic rings. The molecular formula is C12H27N5O4. The molecule has 0 saturated carbocycles. The molecule has 9 heteroatoms. The molecule has 6 N–H and O–H groups in total. The highest BCUT2D eigenvalue weighted by Crippen LogP contribution is 1.74. The first-order chi connectivity index (χ1) is 10.2. The molecule has 0 spiro atoms. The van der Waals surface area contributed by atoms with Gasteiger partial charge < -0.3 is 31.2 Å². The van der Waals surface area contributed by atoms with Gasteiger partial charge >= 0.3 is 0 Å². The summed E-state index contributed by atoms with van der Waals surface area (Å²) in [5.74, 6) is 0.759. The summed E-state index contributed by atoms with van der Waals surface area (Å²) in [5.41, 5.74) is 10.1. The van der Waals surface area contributed by atoms with Crippen LogP contribution in [-0.2, 0) is 9.47 Å². The summed E-state index contributed by atoms with van der Waals surface area (Å²) in [6.07, 6.45) is 2.95. The van der Waals surface area contributed by atoms with E-state index in [-0.39, 0.29) is 13.2 Å². The minimum absolute atomic E-state index is 0.0833. The first-order valence-corrected chi connectivity index (χ1v) is 6.58. The van der Waals surface area contributed by atoms with Crippen LogP contribution in [0.25, 0.3) is 0 Å². The Kier molecular flexibility index (Phi) is 22.1. The SMILES string of the molecule is Cc1ncncn1.NCCOCCO.NCCOCCO. The van der Waals surface area contributed by atoms with Crippen molar-refractivity contribution in [2.75, 3.05) is 52.7 Å². The quantitative estimate of drug-likeness (QED) is 0.403. The number of ether oxygens (including phenoxy) is 2. The van der Waals surface area contributed by atoms with Crippen molar-refractivity contribution >= 4 is 0 Å². The van der Waals surface area contributed by atoms with Crippen LogP contribution in [0.2, 0.25) is 0 Å². The molecule has 0 unspecified atom stereocenters. The lowest BCUT2D eigenvalue weighted by Gasteiger charge is -1.95. The zero-order valence-corrected chi connectivity index (χ0v) is 12.5. The maximum Gasteiger partial charge on any atom is 0.128 e. The summed E-state index contributed by atoms with van der Waals surface area (Å²) in [5, 5.41) is 16.3. The number of aliphatic hydroxyl groups is 2. The number of nitrogens with two attached hydrogens (primary N) is 2. The number of hydrogen-bond acceptors (Lipinski definition) is 9. The third kappa shape index (κ3) is 24.2. The molecule has 124 valence electrons. The average molecular weight is 305 g/mol. The molecule has 0 radical (unpaired) electrons. The fraction of sp³-hybridized carbons (Fsp3) is 0.750. The standard InChI is InChI=1S/C4H5N3.2C4H11NO2/c1-4-6-2-5-3-7-4;2*5-1-3-7-4-2-6/h2-3H,1H3;2*6H,1-5H2. The van der Waals surface area contributed by atoms with Gasteiger partial charge in [-0.05, 0) is 6.92 Å². The van der Waals surface area contributed by atoms with Gasteiger partial charge in [0.2, 0.25) is 0 Å². The second-order valence-corrected chi connectivity index (χ2v) is 3.43. The molecule has 0 aliphatic carbocycles. The van der Waals surface area contributed by atoms with E-state index in [1.54, 1.807) is 0 Å². The van der Waals surface area contributed by atoms with Crippen molar-refractivity contribution in [3.63, 3.8) is 0 Å². The van der Waals surface area contributed by atoms with E-state index in [0.29, 0.717) is 39.5 Å². The van der Waals surface area contributed by atoms with Gasteiger partial charge in [-0.3, -0.25) is 0 Å². The Morgan fingerprint density at radius 3 is 1.57 bits per heavy atom. The average Bonchev–Trinajstić information content (AvgIpc) is 2.50. The third-order valence-electron chi connectivity index (χ3n) is 1.62. The van der Waals surface area contributed by atoms with Gasteiger partial charge in [-0.1, -0.05) is 0 Å². The van der Waals surface area contributed by atoms with Gasteiger partial charge in [0.1, 0.15) is 18.5 Å². The van der Waals surface area contributed by atoms with Crippen LogP contribution in [0.5, 0.6) is 0 Å². The van der Waals surface area contributed by atoms with Gasteiger partial charge in [0.15, 0.2) is 0 Å². The molecular weight excluding hydrogens is 278 g/mol. The fourth-order valence-corrected chi connectivity index (χ4v) is 0.797. The normalized spacial score (nSPS) is 9.19. The van der Waals surface area contributed by atoms with Crippen LogP contribution in [0.4, 0.5) is 0 Å². The van der Waals surface area contributed by atoms with Crippen molar-refractivity contribution in [1.82, 2.24) is 15.0 Å². The van der Waals surface area contributed by atoms with Crippen LogP contribution in [0, 0.1) is 6.92 Å². The van der Waals surface area contributed by atoms with Crippen molar-refractivity contribution in [3.05, 3.63) is 18.5 Å². The molecule has 0 aromatic carbocycles. The number of hydrogen-bond donors (Lipinski definition) is 4. The highest BCUT2D eigenvalue weighted by molar-refractivity contribution is 4.73. The first-order valence-electron chi connectivity index (χ1n) is 6.58. The zero-order chi connectivity index (χ0) is 16.2. The fourth-order valence-electron chi connectivity index (χ4n) is 0.797. The first kappa shape index (κ1) is 22.1. The lowest BCUT2D eigenvalue weighted by Crippen LogP contribution is -2.10. The number of rotatable bonds is 8. The monoisotopic (exact) mass is 305 g/mol. The minimum Gasteiger partial charge on any atom is -0.394 e. The molecule has 0 aliphatic heterocycles. The van der Waals surface area contributed by atoms with E-state index in [0.717, 1.165) is 5.82 Å². The lowest BCUT2D eigenvalue weighted by atomic mass is 10.7. The predicted molar refractivity (Wildman–Crippen MR) is 78.5 cm³/mol. The Balaban J connectivity index is 0. The van der Waals surface area contributed by atoms with Crippen LogP contribution in [0.3, 0.4) is 0 Å². The van der Waals surface area contributed by atoms with Crippen LogP contribution < -0.4 is 11.5 Å². The Morgan fingerprint density at radius 2 is 1.33 bits per heavy atom. The smallest absolute Gasteiger partial charge is 0.128 e. The topological polar surface area (TPSA) is 150 Å². The Bertz CT molecular complexity index is 262. The minimum atomic E-state index is 0.0833. The Labute approximate surface area is 125 Å². The molecule has 0 fully saturated rings. The molecule has 0 amide bonds. The van der Waals surface area contributed by atoms with Crippen LogP contribution in [-0.4, -0.2) is 77.9 Å². The van der Waals surface area contributed by atoms with E-state index >= 15 is 0 Å². The summed E-state index contributed by atoms with van der Waals surface area (Å²) in [4.78, 5) is 11.1. The van der Waals surface area contributed by atoms with Crippen LogP contribution in [0.1, 0.15) is 5.82 Å². The van der Waals surface area contributed by atoms with Gasteiger partial charge in [-0.25, -0.2) is 15.0 Å². The van der Waals surface area contributed by atoms with Gasteiger partial charge in [0.25, 0.3) is 0 Å². The van der Waals surface area contributed by atoms with E-state index in [9.17, 15) is 0 Å². The second-order valence-electron chi connectivity index (χ2n) is 3.43. The third-order valence-corrected chi connectivity index (χ3v) is 1.62. The highest BCUT2D eigenvalue weighted by Gasteiger charge is 1.79. The van der Waals surface area contributed by atoms with Crippen molar-refractivity contribution in [3.8, 4) is 0 Å². The van der Waals surface area contributed by atoms with E-state index in [1.807, 2.05) is 6.92 Å². The summed E-state index contributed by atoms with van der Waals surface area (Å²) < 4.78 is 9.51. The van der Waals surface area contributed by atoms with Gasteiger partial charge in [0, 0.05) is 13.1 Å². The molecule has 9 nitrogen and oxygen atoms in total. The molecule has 21 heavy (non-hydrogen) atoms. The van der Waals surface area contributed by atoms with Crippen LogP contribution in [0.15, 0.2) is 12.7 Å². The number of aliphatic hydroxyl groups excluding tert-OH is 2. The molecule has 1 heterocycles. The largest absolute Gasteiger partial charge is 0.394 e. The summed E-state index contributed by atoms with van der Waals surface area (Å²) in [6.45, 7) is 4.93. The number of aromatic nitrogens is 3. The Hall–Kier alpha value is -1.23. The van der Waals surface area contributed by atoms with Gasteiger partial charge in [-0.15, -0.1) is 0 Å². The van der Waals surface area contributed by atoms with Crippen molar-refractivity contribution < 1.29 is 19.7 Å². The maximum atomic E-state index is 8.13.